The summed E-state index contributed by atoms with van der Waals surface area (Å²) in [7, 11) is 1.62. The lowest BCUT2D eigenvalue weighted by atomic mass is 9.71. The van der Waals surface area contributed by atoms with Crippen molar-refractivity contribution in [2.45, 2.75) is 24.7 Å². The van der Waals surface area contributed by atoms with Crippen molar-refractivity contribution in [3.8, 4) is 5.75 Å². The zero-order chi connectivity index (χ0) is 25.0. The quantitative estimate of drug-likeness (QED) is 0.404. The molecule has 3 aromatic carbocycles. The van der Waals surface area contributed by atoms with Crippen molar-refractivity contribution in [3.63, 3.8) is 0 Å². The number of hydrogen-bond donors (Lipinski definition) is 1. The number of nitro groups is 1. The first kappa shape index (κ1) is 22.0. The Labute approximate surface area is 207 Å². The maximum atomic E-state index is 13.7. The van der Waals surface area contributed by atoms with Crippen LogP contribution in [0.1, 0.15) is 51.7 Å². The molecule has 0 aromatic heterocycles. The van der Waals surface area contributed by atoms with Gasteiger partial charge in [0.15, 0.2) is 11.6 Å². The van der Waals surface area contributed by atoms with E-state index in [4.69, 9.17) is 4.74 Å². The third-order valence-electron chi connectivity index (χ3n) is 7.34. The van der Waals surface area contributed by atoms with Crippen molar-refractivity contribution < 1.29 is 19.2 Å². The van der Waals surface area contributed by atoms with Crippen molar-refractivity contribution in [1.82, 2.24) is 5.32 Å². The van der Waals surface area contributed by atoms with Gasteiger partial charge in [0.25, 0.3) is 5.69 Å². The Morgan fingerprint density at radius 2 is 1.53 bits per heavy atom. The Morgan fingerprint density at radius 1 is 0.861 bits per heavy atom. The van der Waals surface area contributed by atoms with Crippen molar-refractivity contribution >= 4 is 23.0 Å². The van der Waals surface area contributed by atoms with Crippen LogP contribution in [0, 0.1) is 10.1 Å². The van der Waals surface area contributed by atoms with Crippen LogP contribution in [-0.2, 0) is 4.79 Å². The molecule has 7 heteroatoms. The minimum atomic E-state index is -0.582. The van der Waals surface area contributed by atoms with Crippen LogP contribution in [0.25, 0.3) is 5.70 Å². The molecule has 2 unspecified atom stereocenters. The number of nitrogens with zero attached hydrogens (tertiary/aromatic N) is 1. The topological polar surface area (TPSA) is 98.5 Å². The van der Waals surface area contributed by atoms with Gasteiger partial charge in [0.05, 0.1) is 17.7 Å². The maximum absolute atomic E-state index is 13.7. The lowest BCUT2D eigenvalue weighted by molar-refractivity contribution is -0.384. The molecule has 3 aliphatic rings. The Balaban J connectivity index is 1.47. The molecule has 2 atom stereocenters. The highest BCUT2D eigenvalue weighted by Gasteiger charge is 2.45. The molecule has 7 nitrogen and oxygen atoms in total. The zero-order valence-electron chi connectivity index (χ0n) is 19.5. The van der Waals surface area contributed by atoms with E-state index in [0.29, 0.717) is 35.1 Å². The van der Waals surface area contributed by atoms with Crippen LogP contribution < -0.4 is 10.1 Å². The van der Waals surface area contributed by atoms with Crippen LogP contribution in [0.5, 0.6) is 5.75 Å². The molecule has 6 rings (SSSR count). The minimum Gasteiger partial charge on any atom is -0.497 e. The molecule has 3 aromatic rings. The summed E-state index contributed by atoms with van der Waals surface area (Å²) in [6, 6.07) is 21.3. The average molecular weight is 479 g/mol. The summed E-state index contributed by atoms with van der Waals surface area (Å²) in [5, 5.41) is 14.7. The van der Waals surface area contributed by atoms with Crippen molar-refractivity contribution in [1.29, 1.82) is 0 Å². The molecule has 0 saturated carbocycles. The number of non-ortho nitro benzene ring substituents is 1. The standard InChI is InChI=1S/C29H22N2O5/c1-36-20-12-8-16(9-13-20)18-14-23-26(24(32)15-18)25(17-6-10-19(11-7-17)31(34)35)27-28(30-23)21-4-2-3-5-22(21)29(27)33/h2-13,18,25,30H,14-15H2,1H3. The second-order valence-corrected chi connectivity index (χ2v) is 9.26. The summed E-state index contributed by atoms with van der Waals surface area (Å²) in [4.78, 5) is 38.0. The van der Waals surface area contributed by atoms with Gasteiger partial charge in [0.2, 0.25) is 0 Å². The number of carbonyl (C=O) groups excluding carboxylic acids is 2. The van der Waals surface area contributed by atoms with E-state index in [0.717, 1.165) is 28.3 Å². The molecule has 0 bridgehead atoms. The predicted molar refractivity (Wildman–Crippen MR) is 134 cm³/mol. The van der Waals surface area contributed by atoms with Gasteiger partial charge in [-0.15, -0.1) is 0 Å². The number of fused-ring (bicyclic) bond motifs is 2. The average Bonchev–Trinajstić information content (AvgIpc) is 3.19. The molecule has 0 amide bonds. The Bertz CT molecular complexity index is 1500. The third-order valence-corrected chi connectivity index (χ3v) is 7.34. The number of Topliss-reactive ketones (excluding diaryl/α,β-unsaturated/α-hetero) is 2. The fraction of sp³-hybridized carbons (Fsp3) is 0.172. The van der Waals surface area contributed by atoms with Crippen molar-refractivity contribution in [3.05, 3.63) is 122 Å². The number of rotatable bonds is 4. The maximum Gasteiger partial charge on any atom is 0.269 e. The molecule has 178 valence electrons. The summed E-state index contributed by atoms with van der Waals surface area (Å²) >= 11 is 0. The first-order valence-electron chi connectivity index (χ1n) is 11.8. The van der Waals surface area contributed by atoms with Gasteiger partial charge in [-0.3, -0.25) is 19.7 Å². The number of methoxy groups -OCH3 is 1. The zero-order valence-corrected chi connectivity index (χ0v) is 19.5. The summed E-state index contributed by atoms with van der Waals surface area (Å²) in [6.07, 6.45) is 0.935. The molecule has 0 radical (unpaired) electrons. The van der Waals surface area contributed by atoms with E-state index >= 15 is 0 Å². The highest BCUT2D eigenvalue weighted by molar-refractivity contribution is 6.23. The number of allylic oxidation sites excluding steroid dienone is 3. The van der Waals surface area contributed by atoms with Gasteiger partial charge in [0.1, 0.15) is 5.75 Å². The van der Waals surface area contributed by atoms with E-state index < -0.39 is 10.8 Å². The number of ketones is 2. The molecule has 36 heavy (non-hydrogen) atoms. The molecule has 1 heterocycles. The normalized spacial score (nSPS) is 20.5. The van der Waals surface area contributed by atoms with E-state index in [2.05, 4.69) is 5.32 Å². The van der Waals surface area contributed by atoms with Crippen LogP contribution in [-0.4, -0.2) is 23.6 Å². The Kier molecular flexibility index (Phi) is 5.07. The van der Waals surface area contributed by atoms with Crippen LogP contribution in [0.3, 0.4) is 0 Å². The fourth-order valence-electron chi connectivity index (χ4n) is 5.63. The van der Waals surface area contributed by atoms with E-state index in [1.807, 2.05) is 42.5 Å². The highest BCUT2D eigenvalue weighted by Crippen LogP contribution is 2.50. The van der Waals surface area contributed by atoms with Gasteiger partial charge < -0.3 is 10.1 Å². The molecule has 0 fully saturated rings. The van der Waals surface area contributed by atoms with E-state index in [1.54, 1.807) is 25.3 Å². The van der Waals surface area contributed by atoms with E-state index in [9.17, 15) is 19.7 Å². The predicted octanol–water partition coefficient (Wildman–Crippen LogP) is 5.30. The number of nitro benzene ring substituents is 1. The van der Waals surface area contributed by atoms with Crippen LogP contribution in [0.2, 0.25) is 0 Å². The van der Waals surface area contributed by atoms with Gasteiger partial charge in [-0.25, -0.2) is 0 Å². The minimum absolute atomic E-state index is 0.0123. The highest BCUT2D eigenvalue weighted by atomic mass is 16.6. The van der Waals surface area contributed by atoms with E-state index in [1.165, 1.54) is 12.1 Å². The van der Waals surface area contributed by atoms with Crippen LogP contribution in [0.15, 0.2) is 89.6 Å². The van der Waals surface area contributed by atoms with Gasteiger partial charge >= 0.3 is 0 Å². The summed E-state index contributed by atoms with van der Waals surface area (Å²) < 4.78 is 5.27. The molecule has 2 aliphatic carbocycles. The van der Waals surface area contributed by atoms with Crippen molar-refractivity contribution in [2.24, 2.45) is 0 Å². The van der Waals surface area contributed by atoms with E-state index in [-0.39, 0.29) is 23.2 Å². The smallest absolute Gasteiger partial charge is 0.269 e. The molecule has 0 saturated heterocycles. The van der Waals surface area contributed by atoms with Gasteiger partial charge in [-0.1, -0.05) is 48.5 Å². The van der Waals surface area contributed by atoms with Gasteiger partial charge in [-0.2, -0.15) is 0 Å². The first-order chi connectivity index (χ1) is 17.5. The Hall–Kier alpha value is -4.52. The third kappa shape index (κ3) is 3.35. The largest absolute Gasteiger partial charge is 0.497 e. The fourth-order valence-corrected chi connectivity index (χ4v) is 5.63. The molecular formula is C29H22N2O5. The second-order valence-electron chi connectivity index (χ2n) is 9.26. The second kappa shape index (κ2) is 8.30. The Morgan fingerprint density at radius 3 is 2.19 bits per heavy atom. The first-order valence-corrected chi connectivity index (χ1v) is 11.8. The summed E-state index contributed by atoms with van der Waals surface area (Å²) in [5.74, 6) is 0.0185. The lowest BCUT2D eigenvalue weighted by Gasteiger charge is -2.36. The summed E-state index contributed by atoms with van der Waals surface area (Å²) in [5.41, 5.74) is 5.75. The molecule has 1 aliphatic heterocycles. The molecule has 0 spiro atoms. The number of ether oxygens (including phenoxy) is 1. The van der Waals surface area contributed by atoms with Gasteiger partial charge in [-0.05, 0) is 35.6 Å². The number of benzene rings is 3. The van der Waals surface area contributed by atoms with Crippen LogP contribution in [0.4, 0.5) is 5.69 Å². The number of nitrogens with one attached hydrogen (secondary N) is 1. The molecule has 1 N–H and O–H groups in total. The number of dihydropyridines is 1. The summed E-state index contributed by atoms with van der Waals surface area (Å²) in [6.45, 7) is 0. The number of hydrogen-bond acceptors (Lipinski definition) is 6. The lowest BCUT2D eigenvalue weighted by Crippen LogP contribution is -2.33. The van der Waals surface area contributed by atoms with Crippen LogP contribution >= 0.6 is 0 Å². The SMILES string of the molecule is COc1ccc(C2CC(=O)C3=C(C2)NC2=C(C(=O)c4ccccc42)C3c2ccc([N+](=O)[O-])cc2)cc1. The van der Waals surface area contributed by atoms with Crippen molar-refractivity contribution in [2.75, 3.05) is 7.11 Å². The monoisotopic (exact) mass is 478 g/mol. The van der Waals surface area contributed by atoms with Gasteiger partial charge in [0, 0.05) is 52.4 Å². The molecular weight excluding hydrogens is 456 g/mol. The number of carbonyl (C=O) groups is 2.